The van der Waals surface area contributed by atoms with Gasteiger partial charge in [0.25, 0.3) is 0 Å². The number of benzene rings is 2. The van der Waals surface area contributed by atoms with Crippen molar-refractivity contribution in [2.75, 3.05) is 38.3 Å². The summed E-state index contributed by atoms with van der Waals surface area (Å²) in [6.45, 7) is 3.28. The number of amides is 1. The third-order valence-corrected chi connectivity index (χ3v) is 6.56. The molecule has 6 nitrogen and oxygen atoms in total. The summed E-state index contributed by atoms with van der Waals surface area (Å²) in [6, 6.07) is 16.3. The van der Waals surface area contributed by atoms with Crippen LogP contribution in [0, 0.1) is 0 Å². The maximum atomic E-state index is 12.8. The summed E-state index contributed by atoms with van der Waals surface area (Å²) in [5.41, 5.74) is 1.90. The number of hydrogen-bond acceptors (Lipinski definition) is 5. The lowest BCUT2D eigenvalue weighted by molar-refractivity contribution is -0.125. The first-order valence-electron chi connectivity index (χ1n) is 10.3. The van der Waals surface area contributed by atoms with Gasteiger partial charge in [-0.2, -0.15) is 0 Å². The highest BCUT2D eigenvalue weighted by Crippen LogP contribution is 2.37. The second-order valence-electron chi connectivity index (χ2n) is 8.18. The molecule has 5 rings (SSSR count). The van der Waals surface area contributed by atoms with E-state index in [2.05, 4.69) is 33.3 Å². The zero-order chi connectivity index (χ0) is 19.8. The summed E-state index contributed by atoms with van der Waals surface area (Å²) in [7, 11) is 1.69. The van der Waals surface area contributed by atoms with Crippen molar-refractivity contribution in [1.29, 1.82) is 0 Å². The van der Waals surface area contributed by atoms with Gasteiger partial charge in [0.2, 0.25) is 5.91 Å². The quantitative estimate of drug-likeness (QED) is 0.865. The molecule has 0 aliphatic carbocycles. The molecule has 0 radical (unpaired) electrons. The van der Waals surface area contributed by atoms with Gasteiger partial charge in [0.1, 0.15) is 23.1 Å². The van der Waals surface area contributed by atoms with Crippen molar-refractivity contribution in [2.24, 2.45) is 0 Å². The molecule has 6 heteroatoms. The van der Waals surface area contributed by atoms with Crippen LogP contribution in [0.5, 0.6) is 11.5 Å². The third-order valence-electron chi connectivity index (χ3n) is 6.56. The first-order valence-corrected chi connectivity index (χ1v) is 10.3. The lowest BCUT2D eigenvalue weighted by atomic mass is 9.85. The Morgan fingerprint density at radius 2 is 1.97 bits per heavy atom. The highest BCUT2D eigenvalue weighted by atomic mass is 16.5. The molecule has 3 heterocycles. The topological polar surface area (TPSA) is 54.0 Å². The Hall–Kier alpha value is -2.73. The molecule has 2 saturated heterocycles. The zero-order valence-corrected chi connectivity index (χ0v) is 16.8. The van der Waals surface area contributed by atoms with Crippen LogP contribution in [0.25, 0.3) is 0 Å². The monoisotopic (exact) mass is 393 g/mol. The van der Waals surface area contributed by atoms with Gasteiger partial charge in [-0.1, -0.05) is 18.2 Å². The molecule has 1 N–H and O–H groups in total. The van der Waals surface area contributed by atoms with Crippen LogP contribution in [0.4, 0.5) is 5.69 Å². The van der Waals surface area contributed by atoms with Gasteiger partial charge in [0.15, 0.2) is 0 Å². The number of likely N-dealkylation sites (tertiary alicyclic amines) is 1. The number of hydrogen-bond donors (Lipinski definition) is 1. The van der Waals surface area contributed by atoms with E-state index >= 15 is 0 Å². The lowest BCUT2D eigenvalue weighted by Gasteiger charge is -2.43. The van der Waals surface area contributed by atoms with Crippen LogP contribution in [-0.2, 0) is 11.2 Å². The number of carbonyl (C=O) groups is 1. The van der Waals surface area contributed by atoms with Crippen molar-refractivity contribution in [1.82, 2.24) is 10.2 Å². The normalized spacial score (nSPS) is 23.0. The molecule has 2 aromatic rings. The third kappa shape index (κ3) is 3.21. The van der Waals surface area contributed by atoms with Crippen LogP contribution >= 0.6 is 0 Å². The molecule has 0 aromatic heterocycles. The Morgan fingerprint density at radius 3 is 2.72 bits per heavy atom. The number of nitrogens with zero attached hydrogens (tertiary/aromatic N) is 2. The van der Waals surface area contributed by atoms with E-state index in [0.29, 0.717) is 6.67 Å². The molecular formula is C23H27N3O3. The Bertz CT molecular complexity index is 893. The van der Waals surface area contributed by atoms with Gasteiger partial charge in [0, 0.05) is 37.3 Å². The second-order valence-corrected chi connectivity index (χ2v) is 8.18. The van der Waals surface area contributed by atoms with E-state index in [4.69, 9.17) is 9.47 Å². The molecule has 1 spiro atoms. The largest absolute Gasteiger partial charge is 0.497 e. The molecular weight excluding hydrogens is 366 g/mol. The summed E-state index contributed by atoms with van der Waals surface area (Å²) in [6.07, 6.45) is 2.74. The number of nitrogens with one attached hydrogen (secondary N) is 1. The van der Waals surface area contributed by atoms with Crippen molar-refractivity contribution < 1.29 is 14.3 Å². The van der Waals surface area contributed by atoms with E-state index in [9.17, 15) is 4.79 Å². The average Bonchev–Trinajstić information content (AvgIpc) is 3.30. The summed E-state index contributed by atoms with van der Waals surface area (Å²) in [5.74, 6) is 2.01. The number of rotatable bonds is 4. The number of fused-ring (bicyclic) bond motifs is 1. The molecule has 0 saturated carbocycles. The summed E-state index contributed by atoms with van der Waals surface area (Å²) < 4.78 is 11.5. The fourth-order valence-electron chi connectivity index (χ4n) is 4.95. The smallest absolute Gasteiger partial charge is 0.247 e. The molecule has 1 atom stereocenters. The molecule has 29 heavy (non-hydrogen) atoms. The van der Waals surface area contributed by atoms with E-state index in [1.165, 1.54) is 5.56 Å². The molecule has 2 aromatic carbocycles. The van der Waals surface area contributed by atoms with Crippen molar-refractivity contribution in [3.05, 3.63) is 54.1 Å². The van der Waals surface area contributed by atoms with Crippen LogP contribution in [0.2, 0.25) is 0 Å². The van der Waals surface area contributed by atoms with E-state index in [0.717, 1.165) is 56.1 Å². The Kier molecular flexibility index (Phi) is 4.59. The van der Waals surface area contributed by atoms with E-state index < -0.39 is 5.54 Å². The Labute approximate surface area is 171 Å². The van der Waals surface area contributed by atoms with Gasteiger partial charge in [-0.05, 0) is 43.2 Å². The first kappa shape index (κ1) is 18.3. The van der Waals surface area contributed by atoms with E-state index in [1.807, 2.05) is 30.3 Å². The van der Waals surface area contributed by atoms with Gasteiger partial charge in [-0.15, -0.1) is 0 Å². The summed E-state index contributed by atoms with van der Waals surface area (Å²) >= 11 is 0. The zero-order valence-electron chi connectivity index (χ0n) is 16.8. The van der Waals surface area contributed by atoms with Gasteiger partial charge in [-0.25, -0.2) is 0 Å². The van der Waals surface area contributed by atoms with Crippen molar-refractivity contribution in [3.8, 4) is 11.5 Å². The number of ether oxygens (including phenoxy) is 2. The maximum Gasteiger partial charge on any atom is 0.247 e. The minimum absolute atomic E-state index is 0.161. The number of anilines is 1. The van der Waals surface area contributed by atoms with Gasteiger partial charge < -0.3 is 19.7 Å². The first-order chi connectivity index (χ1) is 14.2. The van der Waals surface area contributed by atoms with E-state index in [-0.39, 0.29) is 12.0 Å². The molecule has 3 aliphatic rings. The highest BCUT2D eigenvalue weighted by molar-refractivity contribution is 5.93. The van der Waals surface area contributed by atoms with Gasteiger partial charge in [0.05, 0.1) is 13.8 Å². The average molecular weight is 393 g/mol. The van der Waals surface area contributed by atoms with Gasteiger partial charge >= 0.3 is 0 Å². The minimum atomic E-state index is -0.426. The fourth-order valence-corrected chi connectivity index (χ4v) is 4.95. The van der Waals surface area contributed by atoms with Crippen molar-refractivity contribution in [2.45, 2.75) is 30.9 Å². The van der Waals surface area contributed by atoms with Crippen molar-refractivity contribution >= 4 is 11.6 Å². The lowest BCUT2D eigenvalue weighted by Crippen LogP contribution is -2.57. The Morgan fingerprint density at radius 1 is 1.17 bits per heavy atom. The molecule has 152 valence electrons. The number of carbonyl (C=O) groups excluding carboxylic acids is 1. The van der Waals surface area contributed by atoms with Crippen LogP contribution in [0.15, 0.2) is 48.5 Å². The predicted octanol–water partition coefficient (Wildman–Crippen LogP) is 2.43. The predicted molar refractivity (Wildman–Crippen MR) is 111 cm³/mol. The molecule has 2 fully saturated rings. The Balaban J connectivity index is 1.23. The van der Waals surface area contributed by atoms with Gasteiger partial charge in [-0.3, -0.25) is 9.69 Å². The fraction of sp³-hybridized carbons (Fsp3) is 0.435. The molecule has 0 unspecified atom stereocenters. The highest BCUT2D eigenvalue weighted by Gasteiger charge is 2.50. The second kappa shape index (κ2) is 7.26. The van der Waals surface area contributed by atoms with E-state index in [1.54, 1.807) is 7.11 Å². The number of para-hydroxylation sites is 1. The van der Waals surface area contributed by atoms with Crippen LogP contribution in [0.3, 0.4) is 0 Å². The van der Waals surface area contributed by atoms with Crippen molar-refractivity contribution in [3.63, 3.8) is 0 Å². The number of piperidine rings is 1. The molecule has 1 amide bonds. The van der Waals surface area contributed by atoms with Crippen LogP contribution < -0.4 is 19.7 Å². The van der Waals surface area contributed by atoms with Crippen LogP contribution in [0.1, 0.15) is 18.4 Å². The summed E-state index contributed by atoms with van der Waals surface area (Å²) in [5, 5.41) is 3.07. The minimum Gasteiger partial charge on any atom is -0.497 e. The SMILES string of the molecule is COc1ccc2c(c1)C[C@H](CN1CCC3(CC1)C(=O)NCN3c1ccccc1)O2. The maximum absolute atomic E-state index is 12.8. The summed E-state index contributed by atoms with van der Waals surface area (Å²) in [4.78, 5) is 17.5. The number of methoxy groups -OCH3 is 1. The molecule has 3 aliphatic heterocycles. The molecule has 0 bridgehead atoms. The standard InChI is InChI=1S/C23H27N3O3/c1-28-19-7-8-21-17(13-19)14-20(29-21)15-25-11-9-23(10-12-25)22(27)24-16-26(23)18-5-3-2-4-6-18/h2-8,13,20H,9-12,14-16H2,1H3,(H,24,27)/t20-/m1/s1. The van der Waals surface area contributed by atoms with Crippen LogP contribution in [-0.4, -0.2) is 55.9 Å².